The van der Waals surface area contributed by atoms with Gasteiger partial charge in [-0.05, 0) is 19.4 Å². The highest BCUT2D eigenvalue weighted by Gasteiger charge is 2.44. The largest absolute Gasteiger partial charge is 0.374 e. The summed E-state index contributed by atoms with van der Waals surface area (Å²) >= 11 is 0. The average molecular weight is 318 g/mol. The molecule has 23 heavy (non-hydrogen) atoms. The van der Waals surface area contributed by atoms with Gasteiger partial charge in [0.2, 0.25) is 0 Å². The van der Waals surface area contributed by atoms with E-state index in [0.717, 1.165) is 13.0 Å². The van der Waals surface area contributed by atoms with Crippen molar-refractivity contribution >= 4 is 0 Å². The van der Waals surface area contributed by atoms with Crippen LogP contribution in [-0.2, 0) is 25.6 Å². The van der Waals surface area contributed by atoms with Crippen LogP contribution in [0.1, 0.15) is 25.8 Å². The van der Waals surface area contributed by atoms with Gasteiger partial charge in [0.05, 0.1) is 38.1 Å². The second-order valence-electron chi connectivity index (χ2n) is 6.72. The highest BCUT2D eigenvalue weighted by Crippen LogP contribution is 2.35. The highest BCUT2D eigenvalue weighted by molar-refractivity contribution is 5.13. The minimum atomic E-state index is -0.611. The zero-order valence-electron chi connectivity index (χ0n) is 13.9. The predicted octanol–water partition coefficient (Wildman–Crippen LogP) is 3.31. The van der Waals surface area contributed by atoms with E-state index in [2.05, 4.69) is 18.7 Å². The Balaban J connectivity index is 1.54. The zero-order chi connectivity index (χ0) is 16.3. The Kier molecular flexibility index (Phi) is 5.17. The predicted molar refractivity (Wildman–Crippen MR) is 88.0 cm³/mol. The number of hydrogen-bond donors (Lipinski definition) is 0. The van der Waals surface area contributed by atoms with E-state index in [0.29, 0.717) is 13.2 Å². The lowest BCUT2D eigenvalue weighted by atomic mass is 9.93. The van der Waals surface area contributed by atoms with E-state index >= 15 is 0 Å². The molecular formula is C19H26O4. The minimum Gasteiger partial charge on any atom is -0.374 e. The third-order valence-corrected chi connectivity index (χ3v) is 4.29. The molecule has 0 amide bonds. The molecule has 1 aromatic carbocycles. The summed E-state index contributed by atoms with van der Waals surface area (Å²) in [6.07, 6.45) is 3.08. The first kappa shape index (κ1) is 16.7. The van der Waals surface area contributed by atoms with Gasteiger partial charge in [0.15, 0.2) is 5.79 Å². The van der Waals surface area contributed by atoms with Crippen LogP contribution in [0.2, 0.25) is 0 Å². The van der Waals surface area contributed by atoms with Crippen LogP contribution in [0.15, 0.2) is 43.0 Å². The van der Waals surface area contributed by atoms with Gasteiger partial charge in [0.1, 0.15) is 0 Å². The van der Waals surface area contributed by atoms with Gasteiger partial charge in [-0.25, -0.2) is 0 Å². The summed E-state index contributed by atoms with van der Waals surface area (Å²) < 4.78 is 23.4. The molecule has 1 aromatic rings. The topological polar surface area (TPSA) is 40.2 Å². The third-order valence-electron chi connectivity index (χ3n) is 4.29. The number of ether oxygens (including phenoxy) is 4. The van der Waals surface area contributed by atoms with Crippen LogP contribution in [0.4, 0.5) is 0 Å². The maximum Gasteiger partial charge on any atom is 0.163 e. The minimum absolute atomic E-state index is 0.0219. The summed E-state index contributed by atoms with van der Waals surface area (Å²) in [6.45, 7) is 9.81. The Hall–Kier alpha value is -1.20. The molecule has 126 valence electrons. The lowest BCUT2D eigenvalue weighted by Gasteiger charge is -2.42. The fourth-order valence-electron chi connectivity index (χ4n) is 3.19. The van der Waals surface area contributed by atoms with E-state index < -0.39 is 5.79 Å². The molecule has 0 bridgehead atoms. The van der Waals surface area contributed by atoms with Crippen LogP contribution in [0.25, 0.3) is 0 Å². The summed E-state index contributed by atoms with van der Waals surface area (Å²) in [6, 6.07) is 10.2. The van der Waals surface area contributed by atoms with Gasteiger partial charge in [-0.1, -0.05) is 36.4 Å². The summed E-state index contributed by atoms with van der Waals surface area (Å²) in [5.74, 6) is -0.394. The SMILES string of the molecule is C=C[C@H]([C@@H]1CO1)[C@@H]1C[C@@H](COCc2ccccc2)OC(C)(C)O1. The van der Waals surface area contributed by atoms with E-state index in [1.165, 1.54) is 5.56 Å². The van der Waals surface area contributed by atoms with Gasteiger partial charge >= 0.3 is 0 Å². The van der Waals surface area contributed by atoms with Crippen molar-refractivity contribution in [1.82, 2.24) is 0 Å². The number of benzene rings is 1. The van der Waals surface area contributed by atoms with Gasteiger partial charge in [-0.3, -0.25) is 0 Å². The molecule has 2 aliphatic rings. The van der Waals surface area contributed by atoms with Crippen LogP contribution in [-0.4, -0.2) is 37.3 Å². The maximum absolute atomic E-state index is 6.09. The molecular weight excluding hydrogens is 292 g/mol. The number of epoxide rings is 1. The molecule has 4 heteroatoms. The molecule has 4 atom stereocenters. The molecule has 0 aromatic heterocycles. The second kappa shape index (κ2) is 7.14. The third kappa shape index (κ3) is 4.64. The molecule has 0 N–H and O–H groups in total. The Labute approximate surface area is 138 Å². The molecule has 2 aliphatic heterocycles. The average Bonchev–Trinajstić information content (AvgIpc) is 3.32. The monoisotopic (exact) mass is 318 g/mol. The van der Waals surface area contributed by atoms with Crippen molar-refractivity contribution in [2.45, 2.75) is 51.0 Å². The normalized spacial score (nSPS) is 30.6. The molecule has 0 spiro atoms. The van der Waals surface area contributed by atoms with E-state index in [1.807, 2.05) is 38.1 Å². The standard InChI is InChI=1S/C19H26O4/c1-4-16(18-13-21-18)17-10-15(22-19(2,3)23-17)12-20-11-14-8-6-5-7-9-14/h4-9,15-18H,1,10-13H2,2-3H3/t15-,16-,17-,18-/m0/s1. The first-order chi connectivity index (χ1) is 11.1. The van der Waals surface area contributed by atoms with E-state index in [9.17, 15) is 0 Å². The summed E-state index contributed by atoms with van der Waals surface area (Å²) in [7, 11) is 0. The molecule has 2 heterocycles. The van der Waals surface area contributed by atoms with Crippen molar-refractivity contribution in [2.24, 2.45) is 5.92 Å². The fraction of sp³-hybridized carbons (Fsp3) is 0.579. The Bertz CT molecular complexity index is 509. The van der Waals surface area contributed by atoms with Gasteiger partial charge < -0.3 is 18.9 Å². The van der Waals surface area contributed by atoms with E-state index in [-0.39, 0.29) is 24.2 Å². The van der Waals surface area contributed by atoms with Crippen molar-refractivity contribution in [3.63, 3.8) is 0 Å². The molecule has 0 radical (unpaired) electrons. The fourth-order valence-corrected chi connectivity index (χ4v) is 3.19. The lowest BCUT2D eigenvalue weighted by Crippen LogP contribution is -2.49. The van der Waals surface area contributed by atoms with Crippen molar-refractivity contribution in [1.29, 1.82) is 0 Å². The van der Waals surface area contributed by atoms with Gasteiger partial charge in [-0.15, -0.1) is 6.58 Å². The van der Waals surface area contributed by atoms with Crippen molar-refractivity contribution in [2.75, 3.05) is 13.2 Å². The summed E-state index contributed by atoms with van der Waals surface area (Å²) in [5.41, 5.74) is 1.17. The van der Waals surface area contributed by atoms with Gasteiger partial charge in [0.25, 0.3) is 0 Å². The van der Waals surface area contributed by atoms with Crippen molar-refractivity contribution in [3.8, 4) is 0 Å². The smallest absolute Gasteiger partial charge is 0.163 e. The molecule has 4 nitrogen and oxygen atoms in total. The van der Waals surface area contributed by atoms with Gasteiger partial charge in [0, 0.05) is 12.3 Å². The molecule has 3 rings (SSSR count). The highest BCUT2D eigenvalue weighted by atomic mass is 16.7. The van der Waals surface area contributed by atoms with Gasteiger partial charge in [-0.2, -0.15) is 0 Å². The Morgan fingerprint density at radius 1 is 1.26 bits per heavy atom. The van der Waals surface area contributed by atoms with Crippen LogP contribution in [0.5, 0.6) is 0 Å². The number of hydrogen-bond acceptors (Lipinski definition) is 4. The summed E-state index contributed by atoms with van der Waals surface area (Å²) in [4.78, 5) is 0. The molecule has 0 unspecified atom stereocenters. The first-order valence-corrected chi connectivity index (χ1v) is 8.29. The van der Waals surface area contributed by atoms with E-state index in [4.69, 9.17) is 18.9 Å². The van der Waals surface area contributed by atoms with Crippen LogP contribution in [0.3, 0.4) is 0 Å². The van der Waals surface area contributed by atoms with Crippen LogP contribution in [0, 0.1) is 5.92 Å². The maximum atomic E-state index is 6.09. The Morgan fingerprint density at radius 3 is 2.65 bits per heavy atom. The molecule has 0 saturated carbocycles. The summed E-state index contributed by atoms with van der Waals surface area (Å²) in [5, 5.41) is 0. The molecule has 0 aliphatic carbocycles. The van der Waals surface area contributed by atoms with Crippen LogP contribution >= 0.6 is 0 Å². The molecule has 2 saturated heterocycles. The number of rotatable bonds is 7. The second-order valence-corrected chi connectivity index (χ2v) is 6.72. The lowest BCUT2D eigenvalue weighted by molar-refractivity contribution is -0.312. The molecule has 2 fully saturated rings. The zero-order valence-corrected chi connectivity index (χ0v) is 13.9. The first-order valence-electron chi connectivity index (χ1n) is 8.29. The van der Waals surface area contributed by atoms with Crippen molar-refractivity contribution < 1.29 is 18.9 Å². The quantitative estimate of drug-likeness (QED) is 0.571. The van der Waals surface area contributed by atoms with Crippen molar-refractivity contribution in [3.05, 3.63) is 48.6 Å². The van der Waals surface area contributed by atoms with Crippen LogP contribution < -0.4 is 0 Å². The Morgan fingerprint density at radius 2 is 2.00 bits per heavy atom. The van der Waals surface area contributed by atoms with E-state index in [1.54, 1.807) is 0 Å².